The molecular formula is C17H26N2O. The molecule has 0 bridgehead atoms. The van der Waals surface area contributed by atoms with E-state index in [0.29, 0.717) is 18.6 Å². The summed E-state index contributed by atoms with van der Waals surface area (Å²) >= 11 is 0. The lowest BCUT2D eigenvalue weighted by Crippen LogP contribution is -2.36. The van der Waals surface area contributed by atoms with E-state index in [9.17, 15) is 5.11 Å². The topological polar surface area (TPSA) is 35.5 Å². The molecule has 3 nitrogen and oxygen atoms in total. The molecule has 3 heteroatoms. The third-order valence-corrected chi connectivity index (χ3v) is 4.74. The van der Waals surface area contributed by atoms with Crippen molar-refractivity contribution < 1.29 is 5.11 Å². The zero-order valence-corrected chi connectivity index (χ0v) is 12.2. The van der Waals surface area contributed by atoms with Gasteiger partial charge in [-0.05, 0) is 55.9 Å². The first kappa shape index (κ1) is 13.7. The van der Waals surface area contributed by atoms with Crippen LogP contribution in [0, 0.1) is 5.92 Å². The number of rotatable bonds is 4. The monoisotopic (exact) mass is 274 g/mol. The lowest BCUT2D eigenvalue weighted by molar-refractivity contribution is 0.209. The van der Waals surface area contributed by atoms with Crippen molar-refractivity contribution >= 4 is 11.4 Å². The summed E-state index contributed by atoms with van der Waals surface area (Å²) in [7, 11) is 0. The number of aliphatic hydroxyl groups excluding tert-OH is 1. The number of hydrogen-bond acceptors (Lipinski definition) is 3. The van der Waals surface area contributed by atoms with E-state index in [0.717, 1.165) is 19.5 Å². The van der Waals surface area contributed by atoms with Crippen molar-refractivity contribution in [3.63, 3.8) is 0 Å². The van der Waals surface area contributed by atoms with Crippen molar-refractivity contribution in [2.45, 2.75) is 44.6 Å². The fourth-order valence-corrected chi connectivity index (χ4v) is 3.52. The largest absolute Gasteiger partial charge is 0.396 e. The Balaban J connectivity index is 1.60. The van der Waals surface area contributed by atoms with Gasteiger partial charge in [-0.25, -0.2) is 0 Å². The van der Waals surface area contributed by atoms with Gasteiger partial charge in [0, 0.05) is 37.1 Å². The van der Waals surface area contributed by atoms with Crippen LogP contribution in [0.1, 0.15) is 38.5 Å². The first-order chi connectivity index (χ1) is 9.85. The minimum atomic E-state index is 0.317. The number of benzene rings is 1. The second-order valence-corrected chi connectivity index (χ2v) is 6.31. The molecule has 0 amide bonds. The molecule has 1 saturated carbocycles. The van der Waals surface area contributed by atoms with Gasteiger partial charge >= 0.3 is 0 Å². The number of piperidine rings is 1. The predicted octanol–water partition coefficient (Wildman–Crippen LogP) is 3.25. The summed E-state index contributed by atoms with van der Waals surface area (Å²) in [4.78, 5) is 2.41. The van der Waals surface area contributed by atoms with Crippen molar-refractivity contribution in [3.8, 4) is 0 Å². The summed E-state index contributed by atoms with van der Waals surface area (Å²) in [5, 5.41) is 13.0. The number of anilines is 2. The van der Waals surface area contributed by atoms with E-state index >= 15 is 0 Å². The number of aliphatic hydroxyl groups is 1. The van der Waals surface area contributed by atoms with E-state index in [2.05, 4.69) is 34.5 Å². The Bertz CT molecular complexity index is 412. The summed E-state index contributed by atoms with van der Waals surface area (Å²) in [6, 6.07) is 9.52. The molecule has 0 aromatic heterocycles. The van der Waals surface area contributed by atoms with E-state index in [4.69, 9.17) is 0 Å². The Kier molecular flexibility index (Phi) is 4.46. The summed E-state index contributed by atoms with van der Waals surface area (Å²) in [6.07, 6.45) is 7.71. The number of nitrogens with one attached hydrogen (secondary N) is 1. The maximum Gasteiger partial charge on any atom is 0.0476 e. The molecule has 1 aliphatic heterocycles. The van der Waals surface area contributed by atoms with Crippen LogP contribution in [0.4, 0.5) is 11.4 Å². The van der Waals surface area contributed by atoms with Gasteiger partial charge in [0.05, 0.1) is 0 Å². The molecule has 2 fully saturated rings. The molecule has 1 aromatic carbocycles. The molecule has 1 aliphatic carbocycles. The predicted molar refractivity (Wildman–Crippen MR) is 84.3 cm³/mol. The highest BCUT2D eigenvalue weighted by molar-refractivity contribution is 5.55. The molecule has 1 saturated heterocycles. The van der Waals surface area contributed by atoms with Crippen molar-refractivity contribution in [1.29, 1.82) is 0 Å². The molecule has 110 valence electrons. The van der Waals surface area contributed by atoms with Crippen LogP contribution in [0.5, 0.6) is 0 Å². The summed E-state index contributed by atoms with van der Waals surface area (Å²) in [5.41, 5.74) is 2.54. The smallest absolute Gasteiger partial charge is 0.0476 e. The quantitative estimate of drug-likeness (QED) is 0.884. The van der Waals surface area contributed by atoms with Crippen LogP contribution < -0.4 is 10.2 Å². The highest BCUT2D eigenvalue weighted by Crippen LogP contribution is 2.26. The van der Waals surface area contributed by atoms with Crippen molar-refractivity contribution in [2.24, 2.45) is 5.92 Å². The van der Waals surface area contributed by atoms with Gasteiger partial charge in [-0.1, -0.05) is 12.8 Å². The SMILES string of the molecule is OCC1CCCN(c2ccc(NC3CCCC3)cc2)C1. The van der Waals surface area contributed by atoms with Gasteiger partial charge in [0.1, 0.15) is 0 Å². The van der Waals surface area contributed by atoms with Crippen LogP contribution in [-0.2, 0) is 0 Å². The highest BCUT2D eigenvalue weighted by atomic mass is 16.3. The summed E-state index contributed by atoms with van der Waals surface area (Å²) in [5.74, 6) is 0.444. The molecule has 1 atom stereocenters. The normalized spacial score (nSPS) is 24.1. The van der Waals surface area contributed by atoms with Gasteiger partial charge in [0.15, 0.2) is 0 Å². The first-order valence-electron chi connectivity index (χ1n) is 8.07. The second kappa shape index (κ2) is 6.49. The highest BCUT2D eigenvalue weighted by Gasteiger charge is 2.19. The number of nitrogens with zero attached hydrogens (tertiary/aromatic N) is 1. The molecule has 2 N–H and O–H groups in total. The average molecular weight is 274 g/mol. The fraction of sp³-hybridized carbons (Fsp3) is 0.647. The minimum absolute atomic E-state index is 0.317. The van der Waals surface area contributed by atoms with E-state index in [1.807, 2.05) is 0 Å². The van der Waals surface area contributed by atoms with Gasteiger partial charge < -0.3 is 15.3 Å². The van der Waals surface area contributed by atoms with Crippen LogP contribution in [0.3, 0.4) is 0 Å². The standard InChI is InChI=1S/C17H26N2O/c20-13-14-4-3-11-19(12-14)17-9-7-16(8-10-17)18-15-5-1-2-6-15/h7-10,14-15,18,20H,1-6,11-13H2. The molecule has 0 spiro atoms. The second-order valence-electron chi connectivity index (χ2n) is 6.31. The van der Waals surface area contributed by atoms with Crippen LogP contribution in [0.2, 0.25) is 0 Å². The fourth-order valence-electron chi connectivity index (χ4n) is 3.52. The Morgan fingerprint density at radius 3 is 2.50 bits per heavy atom. The molecule has 1 heterocycles. The average Bonchev–Trinajstić information content (AvgIpc) is 3.01. The minimum Gasteiger partial charge on any atom is -0.396 e. The first-order valence-corrected chi connectivity index (χ1v) is 8.07. The van der Waals surface area contributed by atoms with E-state index in [1.165, 1.54) is 43.5 Å². The zero-order valence-electron chi connectivity index (χ0n) is 12.2. The lowest BCUT2D eigenvalue weighted by atomic mass is 9.98. The molecule has 1 aromatic rings. The molecule has 0 radical (unpaired) electrons. The van der Waals surface area contributed by atoms with Gasteiger partial charge in [-0.3, -0.25) is 0 Å². The summed E-state index contributed by atoms with van der Waals surface area (Å²) in [6.45, 7) is 2.43. The Hall–Kier alpha value is -1.22. The molecular weight excluding hydrogens is 248 g/mol. The molecule has 20 heavy (non-hydrogen) atoms. The van der Waals surface area contributed by atoms with Gasteiger partial charge in [0.25, 0.3) is 0 Å². The van der Waals surface area contributed by atoms with E-state index in [1.54, 1.807) is 0 Å². The van der Waals surface area contributed by atoms with Gasteiger partial charge in [0.2, 0.25) is 0 Å². The van der Waals surface area contributed by atoms with Crippen molar-refractivity contribution in [3.05, 3.63) is 24.3 Å². The van der Waals surface area contributed by atoms with Crippen LogP contribution in [0.25, 0.3) is 0 Å². The van der Waals surface area contributed by atoms with E-state index in [-0.39, 0.29) is 0 Å². The van der Waals surface area contributed by atoms with Crippen LogP contribution in [-0.4, -0.2) is 30.8 Å². The zero-order chi connectivity index (χ0) is 13.8. The van der Waals surface area contributed by atoms with Gasteiger partial charge in [-0.15, -0.1) is 0 Å². The Morgan fingerprint density at radius 1 is 1.05 bits per heavy atom. The van der Waals surface area contributed by atoms with Crippen molar-refractivity contribution in [1.82, 2.24) is 0 Å². The molecule has 2 aliphatic rings. The van der Waals surface area contributed by atoms with Gasteiger partial charge in [-0.2, -0.15) is 0 Å². The lowest BCUT2D eigenvalue weighted by Gasteiger charge is -2.33. The van der Waals surface area contributed by atoms with Crippen molar-refractivity contribution in [2.75, 3.05) is 29.9 Å². The molecule has 1 unspecified atom stereocenters. The van der Waals surface area contributed by atoms with Crippen LogP contribution >= 0.6 is 0 Å². The Morgan fingerprint density at radius 2 is 1.80 bits per heavy atom. The third-order valence-electron chi connectivity index (χ3n) is 4.74. The molecule has 3 rings (SSSR count). The van der Waals surface area contributed by atoms with E-state index < -0.39 is 0 Å². The summed E-state index contributed by atoms with van der Waals surface area (Å²) < 4.78 is 0. The maximum absolute atomic E-state index is 9.32. The van der Waals surface area contributed by atoms with Crippen LogP contribution in [0.15, 0.2) is 24.3 Å². The number of hydrogen-bond donors (Lipinski definition) is 2. The Labute approximate surface area is 122 Å². The maximum atomic E-state index is 9.32. The third kappa shape index (κ3) is 3.26.